The molecule has 1 saturated carbocycles. The third-order valence-corrected chi connectivity index (χ3v) is 3.79. The highest BCUT2D eigenvalue weighted by molar-refractivity contribution is 5.39. The molecule has 3 rings (SSSR count). The van der Waals surface area contributed by atoms with E-state index in [2.05, 4.69) is 55.3 Å². The summed E-state index contributed by atoms with van der Waals surface area (Å²) < 4.78 is 0. The molecule has 0 aliphatic heterocycles. The molecule has 0 unspecified atom stereocenters. The molecule has 1 aromatic carbocycles. The van der Waals surface area contributed by atoms with Crippen LogP contribution in [0.5, 0.6) is 0 Å². The number of rotatable bonds is 5. The molecule has 0 spiro atoms. The quantitative estimate of drug-likeness (QED) is 0.900. The van der Waals surface area contributed by atoms with Gasteiger partial charge in [-0.3, -0.25) is 0 Å². The van der Waals surface area contributed by atoms with Crippen molar-refractivity contribution in [2.45, 2.75) is 46.0 Å². The van der Waals surface area contributed by atoms with Crippen LogP contribution in [0.2, 0.25) is 0 Å². The van der Waals surface area contributed by atoms with Gasteiger partial charge in [0.15, 0.2) is 0 Å². The highest BCUT2D eigenvalue weighted by atomic mass is 15.0. The van der Waals surface area contributed by atoms with Crippen molar-refractivity contribution in [2.24, 2.45) is 0 Å². The van der Waals surface area contributed by atoms with Gasteiger partial charge in [-0.15, -0.1) is 0 Å². The summed E-state index contributed by atoms with van der Waals surface area (Å²) in [5, 5.41) is 3.33. The highest BCUT2D eigenvalue weighted by Crippen LogP contribution is 2.39. The Morgan fingerprint density at radius 3 is 2.38 bits per heavy atom. The summed E-state index contributed by atoms with van der Waals surface area (Å²) in [6.45, 7) is 7.27. The Labute approximate surface area is 126 Å². The fourth-order valence-corrected chi connectivity index (χ4v) is 2.81. The standard InChI is InChI=1S/C18H23N3/c1-4-19-17-11-16(15-5-6-15)20-18(21-17)10-14-8-12(2)7-13(3)9-14/h7-9,11,15H,4-6,10H2,1-3H3,(H,19,20,21). The van der Waals surface area contributed by atoms with Crippen molar-refractivity contribution < 1.29 is 0 Å². The fraction of sp³-hybridized carbons (Fsp3) is 0.444. The first kappa shape index (κ1) is 14.1. The van der Waals surface area contributed by atoms with Crippen molar-refractivity contribution in [1.82, 2.24) is 9.97 Å². The summed E-state index contributed by atoms with van der Waals surface area (Å²) in [7, 11) is 0. The number of hydrogen-bond donors (Lipinski definition) is 1. The maximum atomic E-state index is 4.78. The Balaban J connectivity index is 1.89. The largest absolute Gasteiger partial charge is 0.370 e. The van der Waals surface area contributed by atoms with Gasteiger partial charge in [0.2, 0.25) is 0 Å². The van der Waals surface area contributed by atoms with Crippen LogP contribution in [0.4, 0.5) is 5.82 Å². The zero-order valence-electron chi connectivity index (χ0n) is 13.1. The van der Waals surface area contributed by atoms with Crippen LogP contribution in [0.3, 0.4) is 0 Å². The second-order valence-electron chi connectivity index (χ2n) is 6.07. The number of hydrogen-bond acceptors (Lipinski definition) is 3. The molecule has 0 atom stereocenters. The average molecular weight is 281 g/mol. The van der Waals surface area contributed by atoms with Crippen LogP contribution in [0.25, 0.3) is 0 Å². The minimum absolute atomic E-state index is 0.656. The topological polar surface area (TPSA) is 37.8 Å². The van der Waals surface area contributed by atoms with Crippen LogP contribution in [0, 0.1) is 13.8 Å². The van der Waals surface area contributed by atoms with Gasteiger partial charge in [0.25, 0.3) is 0 Å². The summed E-state index contributed by atoms with van der Waals surface area (Å²) in [5.74, 6) is 2.55. The maximum Gasteiger partial charge on any atom is 0.135 e. The number of anilines is 1. The molecular formula is C18H23N3. The zero-order chi connectivity index (χ0) is 14.8. The molecule has 0 bridgehead atoms. The first-order chi connectivity index (χ1) is 10.1. The normalized spacial score (nSPS) is 14.2. The van der Waals surface area contributed by atoms with E-state index in [9.17, 15) is 0 Å². The first-order valence-electron chi connectivity index (χ1n) is 7.83. The van der Waals surface area contributed by atoms with E-state index in [0.717, 1.165) is 24.6 Å². The SMILES string of the molecule is CCNc1cc(C2CC2)nc(Cc2cc(C)cc(C)c2)n1. The number of benzene rings is 1. The second kappa shape index (κ2) is 5.84. The van der Waals surface area contributed by atoms with Crippen molar-refractivity contribution in [1.29, 1.82) is 0 Å². The molecule has 1 N–H and O–H groups in total. The average Bonchev–Trinajstić information content (AvgIpc) is 3.21. The highest BCUT2D eigenvalue weighted by Gasteiger charge is 2.26. The van der Waals surface area contributed by atoms with Crippen molar-refractivity contribution in [2.75, 3.05) is 11.9 Å². The minimum Gasteiger partial charge on any atom is -0.370 e. The van der Waals surface area contributed by atoms with Crippen molar-refractivity contribution >= 4 is 5.82 Å². The van der Waals surface area contributed by atoms with Gasteiger partial charge in [-0.1, -0.05) is 29.3 Å². The van der Waals surface area contributed by atoms with Crippen molar-refractivity contribution in [3.63, 3.8) is 0 Å². The Kier molecular flexibility index (Phi) is 3.91. The number of aryl methyl sites for hydroxylation is 2. The van der Waals surface area contributed by atoms with Crippen LogP contribution in [0.15, 0.2) is 24.3 Å². The number of aromatic nitrogens is 2. The molecule has 1 heterocycles. The van der Waals surface area contributed by atoms with Crippen LogP contribution in [-0.2, 0) is 6.42 Å². The van der Waals surface area contributed by atoms with E-state index in [1.54, 1.807) is 0 Å². The summed E-state index contributed by atoms with van der Waals surface area (Å²) in [4.78, 5) is 9.45. The molecule has 1 aromatic heterocycles. The third kappa shape index (κ3) is 3.60. The van der Waals surface area contributed by atoms with Gasteiger partial charge < -0.3 is 5.32 Å². The lowest BCUT2D eigenvalue weighted by atomic mass is 10.0. The predicted octanol–water partition coefficient (Wildman–Crippen LogP) is 3.99. The molecule has 2 aromatic rings. The van der Waals surface area contributed by atoms with Gasteiger partial charge in [0.05, 0.1) is 0 Å². The summed E-state index contributed by atoms with van der Waals surface area (Å²) >= 11 is 0. The molecule has 0 radical (unpaired) electrons. The van der Waals surface area contributed by atoms with E-state index in [1.807, 2.05) is 0 Å². The van der Waals surface area contributed by atoms with E-state index in [0.29, 0.717) is 5.92 Å². The molecule has 1 aliphatic rings. The van der Waals surface area contributed by atoms with Gasteiger partial charge in [0, 0.05) is 30.6 Å². The predicted molar refractivity (Wildman–Crippen MR) is 86.9 cm³/mol. The molecule has 0 saturated heterocycles. The first-order valence-corrected chi connectivity index (χ1v) is 7.83. The van der Waals surface area contributed by atoms with Gasteiger partial charge in [-0.2, -0.15) is 0 Å². The van der Waals surface area contributed by atoms with Crippen molar-refractivity contribution in [3.8, 4) is 0 Å². The molecule has 110 valence electrons. The van der Waals surface area contributed by atoms with Gasteiger partial charge in [-0.25, -0.2) is 9.97 Å². The summed E-state index contributed by atoms with van der Waals surface area (Å²) in [6.07, 6.45) is 3.35. The fourth-order valence-electron chi connectivity index (χ4n) is 2.81. The smallest absolute Gasteiger partial charge is 0.135 e. The second-order valence-corrected chi connectivity index (χ2v) is 6.07. The summed E-state index contributed by atoms with van der Waals surface area (Å²) in [5.41, 5.74) is 5.11. The van der Waals surface area contributed by atoms with Gasteiger partial charge >= 0.3 is 0 Å². The molecular weight excluding hydrogens is 258 g/mol. The number of nitrogens with zero attached hydrogens (tertiary/aromatic N) is 2. The molecule has 21 heavy (non-hydrogen) atoms. The van der Waals surface area contributed by atoms with E-state index < -0.39 is 0 Å². The van der Waals surface area contributed by atoms with E-state index in [1.165, 1.54) is 35.2 Å². The molecule has 1 fully saturated rings. The molecule has 1 aliphatic carbocycles. The van der Waals surface area contributed by atoms with E-state index in [4.69, 9.17) is 4.98 Å². The Bertz CT molecular complexity index is 625. The lowest BCUT2D eigenvalue weighted by molar-refractivity contribution is 0.896. The Morgan fingerprint density at radius 2 is 1.76 bits per heavy atom. The maximum absolute atomic E-state index is 4.78. The van der Waals surface area contributed by atoms with E-state index in [-0.39, 0.29) is 0 Å². The summed E-state index contributed by atoms with van der Waals surface area (Å²) in [6, 6.07) is 8.78. The molecule has 0 amide bonds. The lowest BCUT2D eigenvalue weighted by Crippen LogP contribution is -2.06. The minimum atomic E-state index is 0.656. The van der Waals surface area contributed by atoms with Crippen LogP contribution >= 0.6 is 0 Å². The van der Waals surface area contributed by atoms with E-state index >= 15 is 0 Å². The lowest BCUT2D eigenvalue weighted by Gasteiger charge is -2.09. The van der Waals surface area contributed by atoms with Crippen LogP contribution in [0.1, 0.15) is 53.9 Å². The molecule has 3 nitrogen and oxygen atoms in total. The van der Waals surface area contributed by atoms with Crippen LogP contribution < -0.4 is 5.32 Å². The zero-order valence-corrected chi connectivity index (χ0v) is 13.1. The number of nitrogens with one attached hydrogen (secondary N) is 1. The van der Waals surface area contributed by atoms with Gasteiger partial charge in [0.1, 0.15) is 11.6 Å². The monoisotopic (exact) mass is 281 g/mol. The van der Waals surface area contributed by atoms with Crippen LogP contribution in [-0.4, -0.2) is 16.5 Å². The third-order valence-electron chi connectivity index (χ3n) is 3.79. The molecule has 3 heteroatoms. The Hall–Kier alpha value is -1.90. The van der Waals surface area contributed by atoms with Crippen molar-refractivity contribution in [3.05, 3.63) is 52.5 Å². The van der Waals surface area contributed by atoms with Gasteiger partial charge in [-0.05, 0) is 39.2 Å². The Morgan fingerprint density at radius 1 is 1.05 bits per heavy atom.